The summed E-state index contributed by atoms with van der Waals surface area (Å²) in [7, 11) is 0. The number of para-hydroxylation sites is 1. The van der Waals surface area contributed by atoms with Crippen LogP contribution in [-0.4, -0.2) is 18.6 Å². The van der Waals surface area contributed by atoms with Crippen LogP contribution in [0.5, 0.6) is 0 Å². The molecule has 0 fully saturated rings. The Hall–Kier alpha value is -1.51. The molecule has 0 spiro atoms. The Balaban J connectivity index is 2.00. The van der Waals surface area contributed by atoms with Gasteiger partial charge in [0.25, 0.3) is 0 Å². The highest BCUT2D eigenvalue weighted by Gasteiger charge is 2.31. The molecule has 0 unspecified atom stereocenters. The molecular weight excluding hydrogens is 226 g/mol. The molecule has 0 amide bonds. The molecule has 1 N–H and O–H groups in total. The van der Waals surface area contributed by atoms with Crippen LogP contribution in [0, 0.1) is 5.92 Å². The molecule has 1 aliphatic rings. The van der Waals surface area contributed by atoms with Gasteiger partial charge in [-0.2, -0.15) is 0 Å². The van der Waals surface area contributed by atoms with Crippen LogP contribution in [-0.2, 0) is 16.0 Å². The molecule has 1 aliphatic heterocycles. The van der Waals surface area contributed by atoms with Gasteiger partial charge >= 0.3 is 5.97 Å². The monoisotopic (exact) mass is 247 g/mol. The minimum absolute atomic E-state index is 0.0713. The zero-order valence-electron chi connectivity index (χ0n) is 11.1. The number of fused-ring (bicyclic) bond motifs is 1. The van der Waals surface area contributed by atoms with E-state index in [0.29, 0.717) is 6.61 Å². The second-order valence-electron chi connectivity index (χ2n) is 4.92. The number of hydrogen-bond acceptors (Lipinski definition) is 3. The van der Waals surface area contributed by atoms with E-state index >= 15 is 0 Å². The first-order valence-electron chi connectivity index (χ1n) is 6.73. The molecule has 0 saturated heterocycles. The van der Waals surface area contributed by atoms with Gasteiger partial charge in [0.2, 0.25) is 0 Å². The van der Waals surface area contributed by atoms with Gasteiger partial charge in [0, 0.05) is 11.7 Å². The number of esters is 1. The normalized spacial score (nSPS) is 21.9. The molecule has 1 heterocycles. The van der Waals surface area contributed by atoms with Gasteiger partial charge in [0.15, 0.2) is 0 Å². The largest absolute Gasteiger partial charge is 0.465 e. The average Bonchev–Trinajstić information content (AvgIpc) is 2.38. The molecule has 1 aromatic carbocycles. The van der Waals surface area contributed by atoms with Gasteiger partial charge in [-0.3, -0.25) is 4.79 Å². The van der Waals surface area contributed by atoms with Crippen molar-refractivity contribution in [1.82, 2.24) is 0 Å². The molecule has 1 aromatic rings. The van der Waals surface area contributed by atoms with Crippen LogP contribution >= 0.6 is 0 Å². The topological polar surface area (TPSA) is 38.3 Å². The average molecular weight is 247 g/mol. The minimum Gasteiger partial charge on any atom is -0.465 e. The van der Waals surface area contributed by atoms with Crippen molar-refractivity contribution in [3.05, 3.63) is 29.8 Å². The van der Waals surface area contributed by atoms with E-state index in [-0.39, 0.29) is 17.9 Å². The predicted octanol–water partition coefficient (Wildman–Crippen LogP) is 3.00. The number of nitrogens with one attached hydrogen (secondary N) is 1. The number of benzene rings is 1. The maximum Gasteiger partial charge on any atom is 0.311 e. The van der Waals surface area contributed by atoms with Gasteiger partial charge in [-0.1, -0.05) is 31.5 Å². The van der Waals surface area contributed by atoms with E-state index in [1.165, 1.54) is 5.56 Å². The molecular formula is C15H21NO2. The van der Waals surface area contributed by atoms with Crippen LogP contribution < -0.4 is 5.32 Å². The van der Waals surface area contributed by atoms with Gasteiger partial charge in [-0.15, -0.1) is 0 Å². The Morgan fingerprint density at radius 3 is 3.00 bits per heavy atom. The highest BCUT2D eigenvalue weighted by molar-refractivity contribution is 5.76. The molecule has 0 radical (unpaired) electrons. The lowest BCUT2D eigenvalue weighted by molar-refractivity contribution is -0.149. The molecule has 3 nitrogen and oxygen atoms in total. The molecule has 2 atom stereocenters. The summed E-state index contributed by atoms with van der Waals surface area (Å²) >= 11 is 0. The first kappa shape index (κ1) is 12.9. The lowest BCUT2D eigenvalue weighted by Gasteiger charge is -2.30. The van der Waals surface area contributed by atoms with Crippen molar-refractivity contribution >= 4 is 11.7 Å². The summed E-state index contributed by atoms with van der Waals surface area (Å²) in [5.41, 5.74) is 2.34. The van der Waals surface area contributed by atoms with Crippen molar-refractivity contribution < 1.29 is 9.53 Å². The van der Waals surface area contributed by atoms with Gasteiger partial charge in [-0.25, -0.2) is 0 Å². The third-order valence-corrected chi connectivity index (χ3v) is 3.49. The summed E-state index contributed by atoms with van der Waals surface area (Å²) in [6, 6.07) is 8.29. The molecule has 98 valence electrons. The summed E-state index contributed by atoms with van der Waals surface area (Å²) in [5, 5.41) is 3.38. The van der Waals surface area contributed by atoms with Crippen molar-refractivity contribution in [2.45, 2.75) is 39.2 Å². The van der Waals surface area contributed by atoms with E-state index in [4.69, 9.17) is 4.74 Å². The Bertz CT molecular complexity index is 417. The molecule has 0 saturated carbocycles. The van der Waals surface area contributed by atoms with Gasteiger partial charge < -0.3 is 10.1 Å². The van der Waals surface area contributed by atoms with Crippen LogP contribution in [0.15, 0.2) is 24.3 Å². The van der Waals surface area contributed by atoms with Crippen LogP contribution in [0.25, 0.3) is 0 Å². The van der Waals surface area contributed by atoms with Crippen LogP contribution in [0.2, 0.25) is 0 Å². The SMILES string of the molecule is CCCCOC(=O)[C@@H]1Cc2ccccc2N[C@@H]1C. The summed E-state index contributed by atoms with van der Waals surface area (Å²) in [6.07, 6.45) is 2.76. The van der Waals surface area contributed by atoms with Crippen molar-refractivity contribution in [1.29, 1.82) is 0 Å². The number of ether oxygens (including phenoxy) is 1. The summed E-state index contributed by atoms with van der Waals surface area (Å²) in [5.74, 6) is -0.144. The fourth-order valence-electron chi connectivity index (χ4n) is 2.31. The van der Waals surface area contributed by atoms with Crippen LogP contribution in [0.1, 0.15) is 32.3 Å². The molecule has 0 aromatic heterocycles. The maximum atomic E-state index is 12.0. The minimum atomic E-state index is -0.0724. The van der Waals surface area contributed by atoms with E-state index in [1.807, 2.05) is 19.1 Å². The van der Waals surface area contributed by atoms with E-state index in [2.05, 4.69) is 24.4 Å². The number of hydrogen-bond donors (Lipinski definition) is 1. The fourth-order valence-corrected chi connectivity index (χ4v) is 2.31. The Labute approximate surface area is 109 Å². The van der Waals surface area contributed by atoms with Crippen molar-refractivity contribution in [3.63, 3.8) is 0 Å². The third kappa shape index (κ3) is 2.84. The molecule has 2 rings (SSSR count). The standard InChI is InChI=1S/C15H21NO2/c1-3-4-9-18-15(17)13-10-12-7-5-6-8-14(12)16-11(13)2/h5-8,11,13,16H,3-4,9-10H2,1-2H3/t11-,13-/m1/s1. The lowest BCUT2D eigenvalue weighted by Crippen LogP contribution is -2.38. The molecule has 18 heavy (non-hydrogen) atoms. The Morgan fingerprint density at radius 2 is 2.22 bits per heavy atom. The number of anilines is 1. The lowest BCUT2D eigenvalue weighted by atomic mass is 9.88. The predicted molar refractivity (Wildman–Crippen MR) is 72.6 cm³/mol. The number of rotatable bonds is 4. The van der Waals surface area contributed by atoms with E-state index in [0.717, 1.165) is 24.9 Å². The van der Waals surface area contributed by atoms with Gasteiger partial charge in [-0.05, 0) is 31.4 Å². The van der Waals surface area contributed by atoms with Gasteiger partial charge in [0.05, 0.1) is 12.5 Å². The summed E-state index contributed by atoms with van der Waals surface area (Å²) in [4.78, 5) is 12.0. The first-order chi connectivity index (χ1) is 8.72. The summed E-state index contributed by atoms with van der Waals surface area (Å²) in [6.45, 7) is 4.68. The van der Waals surface area contributed by atoms with E-state index in [1.54, 1.807) is 0 Å². The molecule has 3 heteroatoms. The maximum absolute atomic E-state index is 12.0. The molecule has 0 aliphatic carbocycles. The zero-order chi connectivity index (χ0) is 13.0. The Kier molecular flexibility index (Phi) is 4.24. The first-order valence-corrected chi connectivity index (χ1v) is 6.73. The number of carbonyl (C=O) groups excluding carboxylic acids is 1. The second kappa shape index (κ2) is 5.89. The number of unbranched alkanes of at least 4 members (excludes halogenated alkanes) is 1. The highest BCUT2D eigenvalue weighted by Crippen LogP contribution is 2.28. The van der Waals surface area contributed by atoms with Crippen molar-refractivity contribution in [3.8, 4) is 0 Å². The van der Waals surface area contributed by atoms with Crippen molar-refractivity contribution in [2.75, 3.05) is 11.9 Å². The number of carbonyl (C=O) groups is 1. The second-order valence-corrected chi connectivity index (χ2v) is 4.92. The highest BCUT2D eigenvalue weighted by atomic mass is 16.5. The van der Waals surface area contributed by atoms with Gasteiger partial charge in [0.1, 0.15) is 0 Å². The van der Waals surface area contributed by atoms with Crippen molar-refractivity contribution in [2.24, 2.45) is 5.92 Å². The molecule has 0 bridgehead atoms. The van der Waals surface area contributed by atoms with E-state index < -0.39 is 0 Å². The smallest absolute Gasteiger partial charge is 0.311 e. The third-order valence-electron chi connectivity index (χ3n) is 3.49. The zero-order valence-corrected chi connectivity index (χ0v) is 11.1. The van der Waals surface area contributed by atoms with Crippen LogP contribution in [0.3, 0.4) is 0 Å². The van der Waals surface area contributed by atoms with Crippen LogP contribution in [0.4, 0.5) is 5.69 Å². The fraction of sp³-hybridized carbons (Fsp3) is 0.533. The quantitative estimate of drug-likeness (QED) is 0.656. The Morgan fingerprint density at radius 1 is 1.44 bits per heavy atom. The summed E-state index contributed by atoms with van der Waals surface area (Å²) < 4.78 is 5.33. The van der Waals surface area contributed by atoms with E-state index in [9.17, 15) is 4.79 Å².